The van der Waals surface area contributed by atoms with E-state index < -0.39 is 0 Å². The molecular formula is C10H22N2O2. The summed E-state index contributed by atoms with van der Waals surface area (Å²) in [7, 11) is 0. The molecular weight excluding hydrogens is 180 g/mol. The average molecular weight is 202 g/mol. The summed E-state index contributed by atoms with van der Waals surface area (Å²) < 4.78 is 5.10. The molecule has 0 bridgehead atoms. The van der Waals surface area contributed by atoms with Crippen molar-refractivity contribution >= 4 is 5.91 Å². The molecule has 4 heteroatoms. The van der Waals surface area contributed by atoms with Gasteiger partial charge < -0.3 is 15.8 Å². The predicted molar refractivity (Wildman–Crippen MR) is 57.0 cm³/mol. The molecule has 0 aliphatic heterocycles. The van der Waals surface area contributed by atoms with Gasteiger partial charge >= 0.3 is 0 Å². The van der Waals surface area contributed by atoms with E-state index in [-0.39, 0.29) is 5.91 Å². The van der Waals surface area contributed by atoms with Gasteiger partial charge in [0.05, 0.1) is 6.61 Å². The lowest BCUT2D eigenvalue weighted by Crippen LogP contribution is -2.30. The number of nitrogens with one attached hydrogen (secondary N) is 1. The number of carbonyl (C=O) groups is 1. The summed E-state index contributed by atoms with van der Waals surface area (Å²) in [4.78, 5) is 11.3. The summed E-state index contributed by atoms with van der Waals surface area (Å²) in [5.74, 6) is 0.379. The highest BCUT2D eigenvalue weighted by Crippen LogP contribution is 2.04. The molecule has 1 amide bonds. The summed E-state index contributed by atoms with van der Waals surface area (Å²) in [6.07, 6.45) is 1.48. The Hall–Kier alpha value is -0.610. The van der Waals surface area contributed by atoms with Gasteiger partial charge in [0.1, 0.15) is 0 Å². The Balaban J connectivity index is 3.44. The van der Waals surface area contributed by atoms with Crippen molar-refractivity contribution in [3.8, 4) is 0 Å². The molecule has 14 heavy (non-hydrogen) atoms. The highest BCUT2D eigenvalue weighted by atomic mass is 16.5. The quantitative estimate of drug-likeness (QED) is 0.564. The SMILES string of the molecule is CCOCCNC(=O)CC(CC)CN. The van der Waals surface area contributed by atoms with Gasteiger partial charge in [0, 0.05) is 19.6 Å². The fourth-order valence-electron chi connectivity index (χ4n) is 1.14. The first-order valence-corrected chi connectivity index (χ1v) is 5.29. The van der Waals surface area contributed by atoms with E-state index in [1.165, 1.54) is 0 Å². The van der Waals surface area contributed by atoms with Crippen LogP contribution in [0.4, 0.5) is 0 Å². The summed E-state index contributed by atoms with van der Waals surface area (Å²) >= 11 is 0. The van der Waals surface area contributed by atoms with Crippen molar-refractivity contribution in [3.63, 3.8) is 0 Å². The van der Waals surface area contributed by atoms with Crippen LogP contribution in [-0.2, 0) is 9.53 Å². The largest absolute Gasteiger partial charge is 0.380 e. The van der Waals surface area contributed by atoms with E-state index >= 15 is 0 Å². The Labute approximate surface area is 86.2 Å². The van der Waals surface area contributed by atoms with Gasteiger partial charge in [-0.15, -0.1) is 0 Å². The second kappa shape index (κ2) is 8.97. The Morgan fingerprint density at radius 2 is 2.21 bits per heavy atom. The molecule has 0 aromatic rings. The highest BCUT2D eigenvalue weighted by molar-refractivity contribution is 5.76. The van der Waals surface area contributed by atoms with Gasteiger partial charge in [-0.1, -0.05) is 13.3 Å². The first-order chi connectivity index (χ1) is 6.74. The molecule has 3 N–H and O–H groups in total. The maximum Gasteiger partial charge on any atom is 0.220 e. The molecule has 0 aliphatic rings. The summed E-state index contributed by atoms with van der Waals surface area (Å²) in [6, 6.07) is 0. The molecule has 1 atom stereocenters. The maximum absolute atomic E-state index is 11.3. The molecule has 0 aliphatic carbocycles. The molecule has 0 aromatic carbocycles. The van der Waals surface area contributed by atoms with Gasteiger partial charge in [0.2, 0.25) is 5.91 Å². The van der Waals surface area contributed by atoms with Crippen LogP contribution < -0.4 is 11.1 Å². The zero-order chi connectivity index (χ0) is 10.8. The maximum atomic E-state index is 11.3. The zero-order valence-corrected chi connectivity index (χ0v) is 9.21. The Morgan fingerprint density at radius 3 is 2.71 bits per heavy atom. The first kappa shape index (κ1) is 13.4. The van der Waals surface area contributed by atoms with Crippen LogP contribution in [0.1, 0.15) is 26.7 Å². The summed E-state index contributed by atoms with van der Waals surface area (Å²) in [6.45, 7) is 6.43. The van der Waals surface area contributed by atoms with Crippen molar-refractivity contribution in [2.45, 2.75) is 26.7 Å². The van der Waals surface area contributed by atoms with Gasteiger partial charge in [-0.2, -0.15) is 0 Å². The fraction of sp³-hybridized carbons (Fsp3) is 0.900. The lowest BCUT2D eigenvalue weighted by molar-refractivity contribution is -0.122. The van der Waals surface area contributed by atoms with Gasteiger partial charge in [0.25, 0.3) is 0 Å². The van der Waals surface area contributed by atoms with Crippen molar-refractivity contribution < 1.29 is 9.53 Å². The van der Waals surface area contributed by atoms with Crippen molar-refractivity contribution in [1.29, 1.82) is 0 Å². The van der Waals surface area contributed by atoms with Crippen LogP contribution in [-0.4, -0.2) is 32.2 Å². The highest BCUT2D eigenvalue weighted by Gasteiger charge is 2.09. The van der Waals surface area contributed by atoms with E-state index in [4.69, 9.17) is 10.5 Å². The second-order valence-electron chi connectivity index (χ2n) is 3.26. The molecule has 0 saturated carbocycles. The molecule has 0 aromatic heterocycles. The van der Waals surface area contributed by atoms with E-state index in [0.29, 0.717) is 38.6 Å². The Morgan fingerprint density at radius 1 is 1.50 bits per heavy atom. The van der Waals surface area contributed by atoms with Crippen LogP contribution >= 0.6 is 0 Å². The first-order valence-electron chi connectivity index (χ1n) is 5.29. The van der Waals surface area contributed by atoms with E-state index in [1.54, 1.807) is 0 Å². The number of hydrogen-bond donors (Lipinski definition) is 2. The van der Waals surface area contributed by atoms with E-state index in [1.807, 2.05) is 13.8 Å². The van der Waals surface area contributed by atoms with E-state index in [9.17, 15) is 4.79 Å². The lowest BCUT2D eigenvalue weighted by atomic mass is 10.0. The van der Waals surface area contributed by atoms with Crippen molar-refractivity contribution in [2.75, 3.05) is 26.3 Å². The van der Waals surface area contributed by atoms with Gasteiger partial charge in [-0.3, -0.25) is 4.79 Å². The van der Waals surface area contributed by atoms with Crippen LogP contribution in [0.2, 0.25) is 0 Å². The smallest absolute Gasteiger partial charge is 0.220 e. The number of carbonyl (C=O) groups excluding carboxylic acids is 1. The number of hydrogen-bond acceptors (Lipinski definition) is 3. The topological polar surface area (TPSA) is 64.3 Å². The van der Waals surface area contributed by atoms with Crippen LogP contribution in [0.3, 0.4) is 0 Å². The molecule has 1 unspecified atom stereocenters. The van der Waals surface area contributed by atoms with Crippen LogP contribution in [0, 0.1) is 5.92 Å². The molecule has 4 nitrogen and oxygen atoms in total. The summed E-state index contributed by atoms with van der Waals surface area (Å²) in [5.41, 5.74) is 5.50. The lowest BCUT2D eigenvalue weighted by Gasteiger charge is -2.11. The minimum absolute atomic E-state index is 0.0713. The van der Waals surface area contributed by atoms with Gasteiger partial charge in [-0.25, -0.2) is 0 Å². The van der Waals surface area contributed by atoms with E-state index in [0.717, 1.165) is 6.42 Å². The molecule has 0 spiro atoms. The third kappa shape index (κ3) is 6.86. The number of amides is 1. The molecule has 84 valence electrons. The van der Waals surface area contributed by atoms with Gasteiger partial charge in [0.15, 0.2) is 0 Å². The minimum Gasteiger partial charge on any atom is -0.380 e. The van der Waals surface area contributed by atoms with Crippen LogP contribution in [0.5, 0.6) is 0 Å². The monoisotopic (exact) mass is 202 g/mol. The summed E-state index contributed by atoms with van der Waals surface area (Å²) in [5, 5.41) is 2.80. The normalized spacial score (nSPS) is 12.5. The third-order valence-electron chi connectivity index (χ3n) is 2.16. The molecule has 0 saturated heterocycles. The van der Waals surface area contributed by atoms with E-state index in [2.05, 4.69) is 5.32 Å². The standard InChI is InChI=1S/C10H22N2O2/c1-3-9(8-11)7-10(13)12-5-6-14-4-2/h9H,3-8,11H2,1-2H3,(H,12,13). The molecule has 0 heterocycles. The second-order valence-corrected chi connectivity index (χ2v) is 3.26. The Bertz CT molecular complexity index is 147. The minimum atomic E-state index is 0.0713. The van der Waals surface area contributed by atoms with Crippen molar-refractivity contribution in [3.05, 3.63) is 0 Å². The third-order valence-corrected chi connectivity index (χ3v) is 2.16. The molecule has 0 radical (unpaired) electrons. The number of ether oxygens (including phenoxy) is 1. The van der Waals surface area contributed by atoms with Crippen LogP contribution in [0.15, 0.2) is 0 Å². The molecule has 0 rings (SSSR count). The predicted octanol–water partition coefficient (Wildman–Crippen LogP) is 0.514. The van der Waals surface area contributed by atoms with Gasteiger partial charge in [-0.05, 0) is 19.4 Å². The Kier molecular flexibility index (Phi) is 8.57. The van der Waals surface area contributed by atoms with Crippen LogP contribution in [0.25, 0.3) is 0 Å². The zero-order valence-electron chi connectivity index (χ0n) is 9.21. The fourth-order valence-corrected chi connectivity index (χ4v) is 1.14. The average Bonchev–Trinajstić information content (AvgIpc) is 2.21. The number of rotatable bonds is 8. The molecule has 0 fully saturated rings. The van der Waals surface area contributed by atoms with Crippen molar-refractivity contribution in [1.82, 2.24) is 5.32 Å². The number of nitrogens with two attached hydrogens (primary N) is 1. The van der Waals surface area contributed by atoms with Crippen molar-refractivity contribution in [2.24, 2.45) is 11.7 Å².